The summed E-state index contributed by atoms with van der Waals surface area (Å²) in [5, 5.41) is 14.6. The fourth-order valence-corrected chi connectivity index (χ4v) is 3.52. The first kappa shape index (κ1) is 17.9. The van der Waals surface area contributed by atoms with Crippen LogP contribution in [0.25, 0.3) is 0 Å². The van der Waals surface area contributed by atoms with Gasteiger partial charge in [0.05, 0.1) is 23.1 Å². The van der Waals surface area contributed by atoms with Crippen LogP contribution in [0.5, 0.6) is 0 Å². The maximum absolute atomic E-state index is 12.0. The van der Waals surface area contributed by atoms with Gasteiger partial charge >= 0.3 is 5.97 Å². The molecule has 1 unspecified atom stereocenters. The molecule has 1 aliphatic rings. The van der Waals surface area contributed by atoms with Crippen LogP contribution in [-0.4, -0.2) is 17.5 Å². The van der Waals surface area contributed by atoms with Crippen LogP contribution in [0.4, 0.5) is 11.4 Å². The van der Waals surface area contributed by atoms with Crippen LogP contribution < -0.4 is 5.32 Å². The molecule has 0 aliphatic carbocycles. The highest BCUT2D eigenvalue weighted by Gasteiger charge is 2.36. The summed E-state index contributed by atoms with van der Waals surface area (Å²) in [7, 11) is 0. The maximum atomic E-state index is 12.0. The van der Waals surface area contributed by atoms with Gasteiger partial charge in [0.2, 0.25) is 0 Å². The Morgan fingerprint density at radius 2 is 2.08 bits per heavy atom. The van der Waals surface area contributed by atoms with Gasteiger partial charge in [-0.2, -0.15) is 0 Å². The minimum Gasteiger partial charge on any atom is -0.462 e. The van der Waals surface area contributed by atoms with Crippen molar-refractivity contribution in [3.63, 3.8) is 0 Å². The van der Waals surface area contributed by atoms with Crippen molar-refractivity contribution in [3.8, 4) is 0 Å². The molecule has 2 aromatic rings. The van der Waals surface area contributed by atoms with E-state index in [1.54, 1.807) is 25.1 Å². The summed E-state index contributed by atoms with van der Waals surface area (Å²) < 4.78 is 5.07. The molecule has 26 heavy (non-hydrogen) atoms. The molecule has 0 radical (unpaired) electrons. The number of hydrogen-bond acceptors (Lipinski definition) is 5. The van der Waals surface area contributed by atoms with Gasteiger partial charge in [-0.1, -0.05) is 26.0 Å². The molecule has 136 valence electrons. The topological polar surface area (TPSA) is 81.5 Å². The van der Waals surface area contributed by atoms with Gasteiger partial charge in [0.25, 0.3) is 5.69 Å². The number of carbonyl (C=O) groups is 1. The Morgan fingerprint density at radius 3 is 2.77 bits per heavy atom. The number of fused-ring (bicyclic) bond motifs is 1. The van der Waals surface area contributed by atoms with Crippen LogP contribution >= 0.6 is 0 Å². The minimum absolute atomic E-state index is 0.0663. The zero-order valence-corrected chi connectivity index (χ0v) is 15.1. The van der Waals surface area contributed by atoms with E-state index in [1.807, 2.05) is 18.2 Å². The molecule has 0 bridgehead atoms. The number of ether oxygens (including phenoxy) is 1. The molecule has 1 atom stereocenters. The van der Waals surface area contributed by atoms with Crippen molar-refractivity contribution in [1.82, 2.24) is 0 Å². The van der Waals surface area contributed by atoms with Crippen LogP contribution in [0.2, 0.25) is 0 Å². The van der Waals surface area contributed by atoms with Gasteiger partial charge < -0.3 is 10.1 Å². The number of nitro benzene ring substituents is 1. The quantitative estimate of drug-likeness (QED) is 0.496. The lowest BCUT2D eigenvalue weighted by Crippen LogP contribution is -2.35. The third-order valence-corrected chi connectivity index (χ3v) is 4.76. The van der Waals surface area contributed by atoms with Gasteiger partial charge in [-0.15, -0.1) is 0 Å². The summed E-state index contributed by atoms with van der Waals surface area (Å²) in [6, 6.07) is 12.2. The second-order valence-electron chi connectivity index (χ2n) is 7.19. The van der Waals surface area contributed by atoms with Crippen LogP contribution in [-0.2, 0) is 11.2 Å². The molecule has 0 amide bonds. The molecular formula is C20H22N2O4. The Balaban J connectivity index is 1.95. The largest absolute Gasteiger partial charge is 0.462 e. The van der Waals surface area contributed by atoms with Crippen molar-refractivity contribution >= 4 is 17.3 Å². The van der Waals surface area contributed by atoms with E-state index in [0.29, 0.717) is 12.2 Å². The number of hydrogen-bond donors (Lipinski definition) is 1. The van der Waals surface area contributed by atoms with E-state index in [2.05, 4.69) is 19.2 Å². The first-order valence-corrected chi connectivity index (χ1v) is 8.63. The number of non-ortho nitro benzene ring substituents is 1. The molecule has 1 heterocycles. The number of esters is 1. The van der Waals surface area contributed by atoms with Gasteiger partial charge in [0.15, 0.2) is 0 Å². The molecule has 2 aromatic carbocycles. The monoisotopic (exact) mass is 354 g/mol. The molecule has 0 spiro atoms. The van der Waals surface area contributed by atoms with Gasteiger partial charge in [-0.05, 0) is 48.1 Å². The number of benzene rings is 2. The summed E-state index contributed by atoms with van der Waals surface area (Å²) in [6.07, 6.45) is 0.746. The predicted molar refractivity (Wildman–Crippen MR) is 99.3 cm³/mol. The first-order chi connectivity index (χ1) is 12.3. The van der Waals surface area contributed by atoms with Gasteiger partial charge in [0, 0.05) is 17.8 Å². The van der Waals surface area contributed by atoms with Crippen molar-refractivity contribution < 1.29 is 14.5 Å². The fraction of sp³-hybridized carbons (Fsp3) is 0.350. The highest BCUT2D eigenvalue weighted by molar-refractivity contribution is 5.90. The lowest BCUT2D eigenvalue weighted by atomic mass is 9.72. The van der Waals surface area contributed by atoms with Crippen molar-refractivity contribution in [1.29, 1.82) is 0 Å². The lowest BCUT2D eigenvalue weighted by Gasteiger charge is -2.41. The van der Waals surface area contributed by atoms with E-state index >= 15 is 0 Å². The SMILES string of the molecule is CCOC(=O)c1ccc2c(c1)CC(C)(C)C(c1cccc([N+](=O)[O-])c1)N2. The van der Waals surface area contributed by atoms with Crippen molar-refractivity contribution in [2.24, 2.45) is 5.41 Å². The highest BCUT2D eigenvalue weighted by atomic mass is 16.6. The molecule has 3 rings (SSSR count). The van der Waals surface area contributed by atoms with Crippen molar-refractivity contribution in [2.75, 3.05) is 11.9 Å². The van der Waals surface area contributed by atoms with E-state index in [4.69, 9.17) is 4.74 Å². The average molecular weight is 354 g/mol. The number of nitro groups is 1. The standard InChI is InChI=1S/C20H22N2O4/c1-4-26-19(23)14-8-9-17-15(10-14)12-20(2,3)18(21-17)13-6-5-7-16(11-13)22(24)25/h5-11,18,21H,4,12H2,1-3H3. The maximum Gasteiger partial charge on any atom is 0.338 e. The average Bonchev–Trinajstić information content (AvgIpc) is 2.60. The molecule has 1 N–H and O–H groups in total. The molecule has 6 heteroatoms. The van der Waals surface area contributed by atoms with Crippen LogP contribution in [0, 0.1) is 15.5 Å². The van der Waals surface area contributed by atoms with E-state index in [-0.39, 0.29) is 28.0 Å². The predicted octanol–water partition coefficient (Wildman–Crippen LogP) is 4.51. The molecule has 0 saturated heterocycles. The summed E-state index contributed by atoms with van der Waals surface area (Å²) in [6.45, 7) is 6.35. The van der Waals surface area contributed by atoms with Crippen LogP contribution in [0.15, 0.2) is 42.5 Å². The highest BCUT2D eigenvalue weighted by Crippen LogP contribution is 2.45. The first-order valence-electron chi connectivity index (χ1n) is 8.63. The summed E-state index contributed by atoms with van der Waals surface area (Å²) >= 11 is 0. The zero-order chi connectivity index (χ0) is 18.9. The molecular weight excluding hydrogens is 332 g/mol. The summed E-state index contributed by atoms with van der Waals surface area (Å²) in [5.74, 6) is -0.325. The number of nitrogens with zero attached hydrogens (tertiary/aromatic N) is 1. The second kappa shape index (κ2) is 6.78. The fourth-order valence-electron chi connectivity index (χ4n) is 3.52. The van der Waals surface area contributed by atoms with Crippen molar-refractivity contribution in [2.45, 2.75) is 33.2 Å². The number of carbonyl (C=O) groups excluding carboxylic acids is 1. The van der Waals surface area contributed by atoms with Gasteiger partial charge in [-0.3, -0.25) is 10.1 Å². The third-order valence-electron chi connectivity index (χ3n) is 4.76. The molecule has 0 aromatic heterocycles. The Labute approximate surface area is 152 Å². The Morgan fingerprint density at radius 1 is 1.31 bits per heavy atom. The number of nitrogens with one attached hydrogen (secondary N) is 1. The normalized spacial score (nSPS) is 17.7. The minimum atomic E-state index is -0.376. The lowest BCUT2D eigenvalue weighted by molar-refractivity contribution is -0.384. The van der Waals surface area contributed by atoms with Gasteiger partial charge in [-0.25, -0.2) is 4.79 Å². The summed E-state index contributed by atoms with van der Waals surface area (Å²) in [4.78, 5) is 22.7. The second-order valence-corrected chi connectivity index (χ2v) is 7.19. The Bertz CT molecular complexity index is 861. The van der Waals surface area contributed by atoms with Crippen LogP contribution in [0.1, 0.15) is 48.3 Å². The van der Waals surface area contributed by atoms with E-state index < -0.39 is 0 Å². The smallest absolute Gasteiger partial charge is 0.338 e. The molecule has 6 nitrogen and oxygen atoms in total. The zero-order valence-electron chi connectivity index (χ0n) is 15.1. The molecule has 0 fully saturated rings. The number of rotatable bonds is 4. The Hall–Kier alpha value is -2.89. The molecule has 0 saturated carbocycles. The summed E-state index contributed by atoms with van der Waals surface area (Å²) in [5.41, 5.74) is 3.30. The van der Waals surface area contributed by atoms with Crippen LogP contribution in [0.3, 0.4) is 0 Å². The molecule has 1 aliphatic heterocycles. The van der Waals surface area contributed by atoms with Crippen molar-refractivity contribution in [3.05, 3.63) is 69.3 Å². The van der Waals surface area contributed by atoms with Gasteiger partial charge in [0.1, 0.15) is 0 Å². The van der Waals surface area contributed by atoms with E-state index in [9.17, 15) is 14.9 Å². The number of anilines is 1. The van der Waals surface area contributed by atoms with E-state index in [1.165, 1.54) is 6.07 Å². The van der Waals surface area contributed by atoms with E-state index in [0.717, 1.165) is 23.2 Å². The Kier molecular flexibility index (Phi) is 4.68. The third kappa shape index (κ3) is 3.40.